The zero-order valence-corrected chi connectivity index (χ0v) is 9.37. The molecule has 0 bridgehead atoms. The highest BCUT2D eigenvalue weighted by atomic mass is 32.1. The molecule has 1 aromatic heterocycles. The van der Waals surface area contributed by atoms with Crippen molar-refractivity contribution >= 4 is 11.3 Å². The van der Waals surface area contributed by atoms with Crippen molar-refractivity contribution in [3.8, 4) is 0 Å². The lowest BCUT2D eigenvalue weighted by Gasteiger charge is -2.18. The Hall–Kier alpha value is -0.490. The van der Waals surface area contributed by atoms with Crippen molar-refractivity contribution < 1.29 is 14.6 Å². The summed E-state index contributed by atoms with van der Waals surface area (Å²) in [5.74, 6) is 0. The lowest BCUT2D eigenvalue weighted by atomic mass is 10.2. The van der Waals surface area contributed by atoms with Gasteiger partial charge in [-0.2, -0.15) is 0 Å². The summed E-state index contributed by atoms with van der Waals surface area (Å²) in [5, 5.41) is 12.6. The number of thiazole rings is 1. The summed E-state index contributed by atoms with van der Waals surface area (Å²) in [6.45, 7) is 1.94. The van der Waals surface area contributed by atoms with E-state index in [1.54, 1.807) is 11.3 Å². The Morgan fingerprint density at radius 2 is 2.14 bits per heavy atom. The maximum atomic E-state index is 9.69. The van der Waals surface area contributed by atoms with Gasteiger partial charge in [0.25, 0.3) is 0 Å². The van der Waals surface area contributed by atoms with Crippen LogP contribution in [0.25, 0.3) is 0 Å². The average Bonchev–Trinajstić information content (AvgIpc) is 2.53. The third-order valence-electron chi connectivity index (χ3n) is 1.86. The van der Waals surface area contributed by atoms with Crippen molar-refractivity contribution in [2.45, 2.75) is 25.7 Å². The van der Waals surface area contributed by atoms with Gasteiger partial charge in [-0.15, -0.1) is 11.3 Å². The highest BCUT2D eigenvalue weighted by Crippen LogP contribution is 2.12. The number of rotatable bonds is 5. The minimum Gasteiger partial charge on any atom is -0.387 e. The Bertz CT molecular complexity index is 273. The molecule has 0 saturated heterocycles. The van der Waals surface area contributed by atoms with E-state index >= 15 is 0 Å². The first kappa shape index (κ1) is 11.6. The van der Waals surface area contributed by atoms with Crippen LogP contribution in [0.2, 0.25) is 0 Å². The fourth-order valence-corrected chi connectivity index (χ4v) is 1.85. The quantitative estimate of drug-likeness (QED) is 0.747. The standard InChI is InChI=1S/C9H15NO3S/c1-6-10-7(5-14-6)4-8(11)9(12-2)13-3/h5,8-9,11H,4H2,1-3H3. The zero-order chi connectivity index (χ0) is 10.6. The molecule has 0 fully saturated rings. The van der Waals surface area contributed by atoms with Gasteiger partial charge >= 0.3 is 0 Å². The molecule has 0 aromatic carbocycles. The predicted molar refractivity (Wildman–Crippen MR) is 54.4 cm³/mol. The second kappa shape index (κ2) is 5.41. The maximum absolute atomic E-state index is 9.69. The van der Waals surface area contributed by atoms with E-state index in [1.165, 1.54) is 14.2 Å². The number of nitrogens with zero attached hydrogens (tertiary/aromatic N) is 1. The third kappa shape index (κ3) is 3.02. The molecule has 80 valence electrons. The molecule has 1 unspecified atom stereocenters. The van der Waals surface area contributed by atoms with Crippen LogP contribution in [0, 0.1) is 6.92 Å². The van der Waals surface area contributed by atoms with Crippen LogP contribution in [0.3, 0.4) is 0 Å². The Labute approximate surface area is 87.5 Å². The zero-order valence-electron chi connectivity index (χ0n) is 8.56. The predicted octanol–water partition coefficient (Wildman–Crippen LogP) is 0.974. The Balaban J connectivity index is 2.51. The van der Waals surface area contributed by atoms with Crippen molar-refractivity contribution in [3.63, 3.8) is 0 Å². The van der Waals surface area contributed by atoms with Gasteiger partial charge in [-0.05, 0) is 6.92 Å². The van der Waals surface area contributed by atoms with E-state index in [0.717, 1.165) is 10.7 Å². The van der Waals surface area contributed by atoms with Crippen LogP contribution in [0.1, 0.15) is 10.7 Å². The van der Waals surface area contributed by atoms with Crippen LogP contribution >= 0.6 is 11.3 Å². The first-order chi connectivity index (χ1) is 6.67. The topological polar surface area (TPSA) is 51.6 Å². The summed E-state index contributed by atoms with van der Waals surface area (Å²) in [5.41, 5.74) is 0.874. The van der Waals surface area contributed by atoms with E-state index < -0.39 is 12.4 Å². The van der Waals surface area contributed by atoms with Gasteiger partial charge in [0, 0.05) is 26.0 Å². The molecule has 0 aliphatic heterocycles. The van der Waals surface area contributed by atoms with Gasteiger partial charge in [0.2, 0.25) is 0 Å². The second-order valence-electron chi connectivity index (χ2n) is 2.97. The van der Waals surface area contributed by atoms with Gasteiger partial charge in [-0.25, -0.2) is 4.98 Å². The fourth-order valence-electron chi connectivity index (χ4n) is 1.22. The molecular formula is C9H15NO3S. The molecule has 1 heterocycles. The van der Waals surface area contributed by atoms with Crippen molar-refractivity contribution in [3.05, 3.63) is 16.1 Å². The van der Waals surface area contributed by atoms with Gasteiger partial charge in [-0.1, -0.05) is 0 Å². The molecule has 0 spiro atoms. The van der Waals surface area contributed by atoms with Gasteiger partial charge in [0.05, 0.1) is 10.7 Å². The maximum Gasteiger partial charge on any atom is 0.183 e. The van der Waals surface area contributed by atoms with E-state index in [9.17, 15) is 5.11 Å². The Kier molecular flexibility index (Phi) is 4.47. The van der Waals surface area contributed by atoms with E-state index in [4.69, 9.17) is 9.47 Å². The Morgan fingerprint density at radius 3 is 2.57 bits per heavy atom. The molecule has 1 N–H and O–H groups in total. The van der Waals surface area contributed by atoms with Crippen LogP contribution in [-0.4, -0.2) is 36.7 Å². The van der Waals surface area contributed by atoms with E-state index in [0.29, 0.717) is 6.42 Å². The van der Waals surface area contributed by atoms with Crippen LogP contribution < -0.4 is 0 Å². The molecule has 0 radical (unpaired) electrons. The van der Waals surface area contributed by atoms with Crippen molar-refractivity contribution in [2.24, 2.45) is 0 Å². The minimum atomic E-state index is -0.675. The number of aliphatic hydroxyl groups excluding tert-OH is 1. The van der Waals surface area contributed by atoms with Crippen molar-refractivity contribution in [1.29, 1.82) is 0 Å². The molecular weight excluding hydrogens is 202 g/mol. The number of hydrogen-bond acceptors (Lipinski definition) is 5. The van der Waals surface area contributed by atoms with Crippen LogP contribution in [0.4, 0.5) is 0 Å². The average molecular weight is 217 g/mol. The van der Waals surface area contributed by atoms with E-state index in [2.05, 4.69) is 4.98 Å². The molecule has 14 heavy (non-hydrogen) atoms. The first-order valence-corrected chi connectivity index (χ1v) is 5.20. The highest BCUT2D eigenvalue weighted by molar-refractivity contribution is 7.09. The largest absolute Gasteiger partial charge is 0.387 e. The fraction of sp³-hybridized carbons (Fsp3) is 0.667. The summed E-state index contributed by atoms with van der Waals surface area (Å²) in [6.07, 6.45) is -0.806. The third-order valence-corrected chi connectivity index (χ3v) is 2.69. The normalized spacial score (nSPS) is 13.5. The molecule has 0 aliphatic rings. The van der Waals surface area contributed by atoms with Gasteiger partial charge in [0.15, 0.2) is 6.29 Å². The second-order valence-corrected chi connectivity index (χ2v) is 4.03. The molecule has 1 atom stereocenters. The van der Waals surface area contributed by atoms with Crippen LogP contribution in [0.5, 0.6) is 0 Å². The molecule has 1 rings (SSSR count). The highest BCUT2D eigenvalue weighted by Gasteiger charge is 2.19. The van der Waals surface area contributed by atoms with Crippen molar-refractivity contribution in [2.75, 3.05) is 14.2 Å². The molecule has 0 saturated carbocycles. The molecule has 0 aliphatic carbocycles. The van der Waals surface area contributed by atoms with Crippen molar-refractivity contribution in [1.82, 2.24) is 4.98 Å². The van der Waals surface area contributed by atoms with Gasteiger partial charge in [-0.3, -0.25) is 0 Å². The summed E-state index contributed by atoms with van der Waals surface area (Å²) < 4.78 is 9.89. The lowest BCUT2D eigenvalue weighted by Crippen LogP contribution is -2.31. The molecule has 1 aromatic rings. The first-order valence-electron chi connectivity index (χ1n) is 4.32. The van der Waals surface area contributed by atoms with Gasteiger partial charge in [0.1, 0.15) is 6.10 Å². The number of methoxy groups -OCH3 is 2. The number of hydrogen-bond donors (Lipinski definition) is 1. The lowest BCUT2D eigenvalue weighted by molar-refractivity contribution is -0.163. The number of ether oxygens (including phenoxy) is 2. The Morgan fingerprint density at radius 1 is 1.50 bits per heavy atom. The molecule has 0 amide bonds. The van der Waals surface area contributed by atoms with Crippen LogP contribution in [0.15, 0.2) is 5.38 Å². The van der Waals surface area contributed by atoms with Gasteiger partial charge < -0.3 is 14.6 Å². The van der Waals surface area contributed by atoms with E-state index in [-0.39, 0.29) is 0 Å². The molecule has 5 heteroatoms. The number of aryl methyl sites for hydroxylation is 1. The summed E-state index contributed by atoms with van der Waals surface area (Å²) in [4.78, 5) is 4.25. The smallest absolute Gasteiger partial charge is 0.183 e. The van der Waals surface area contributed by atoms with Crippen LogP contribution in [-0.2, 0) is 15.9 Å². The minimum absolute atomic E-state index is 0.455. The summed E-state index contributed by atoms with van der Waals surface area (Å²) in [6, 6.07) is 0. The summed E-state index contributed by atoms with van der Waals surface area (Å²) >= 11 is 1.57. The number of aromatic nitrogens is 1. The monoisotopic (exact) mass is 217 g/mol. The SMILES string of the molecule is COC(OC)C(O)Cc1csc(C)n1. The van der Waals surface area contributed by atoms with E-state index in [1.807, 2.05) is 12.3 Å². The number of aliphatic hydroxyl groups is 1. The molecule has 4 nitrogen and oxygen atoms in total. The summed E-state index contributed by atoms with van der Waals surface area (Å²) in [7, 11) is 3.01.